The molecule has 556 valence electrons. The Labute approximate surface area is 674 Å². The van der Waals surface area contributed by atoms with Crippen molar-refractivity contribution < 1.29 is 0 Å². The van der Waals surface area contributed by atoms with E-state index < -0.39 is 0 Å². The summed E-state index contributed by atoms with van der Waals surface area (Å²) in [6.07, 6.45) is 18.1. The fraction of sp³-hybridized carbons (Fsp3) is 0.0769. The molecule has 4 aromatic heterocycles. The van der Waals surface area contributed by atoms with Gasteiger partial charge in [-0.25, -0.2) is 39.9 Å². The molecule has 0 aliphatic carbocycles. The monoisotopic (exact) mass is 1500 g/mol. The van der Waals surface area contributed by atoms with Crippen LogP contribution < -0.4 is 19.6 Å². The maximum atomic E-state index is 4.85. The number of anilines is 12. The van der Waals surface area contributed by atoms with Gasteiger partial charge in [-0.1, -0.05) is 190 Å². The number of benzene rings is 16. The van der Waals surface area contributed by atoms with Crippen LogP contribution in [0.5, 0.6) is 0 Å². The summed E-state index contributed by atoms with van der Waals surface area (Å²) in [5.74, 6) is 1.34. The van der Waals surface area contributed by atoms with E-state index in [1.807, 2.05) is 61.7 Å². The summed E-state index contributed by atoms with van der Waals surface area (Å²) in [6, 6.07) is 101. The molecular formula is C104H80N12. The van der Waals surface area contributed by atoms with Crippen molar-refractivity contribution in [3.05, 3.63) is 386 Å². The van der Waals surface area contributed by atoms with Crippen molar-refractivity contribution in [2.24, 2.45) is 0 Å². The van der Waals surface area contributed by atoms with Crippen LogP contribution >= 0.6 is 0 Å². The summed E-state index contributed by atoms with van der Waals surface area (Å²) in [5.41, 5.74) is 28.4. The van der Waals surface area contributed by atoms with Gasteiger partial charge in [0.25, 0.3) is 0 Å². The lowest BCUT2D eigenvalue weighted by molar-refractivity contribution is 1.17. The summed E-state index contributed by atoms with van der Waals surface area (Å²) >= 11 is 0. The van der Waals surface area contributed by atoms with Crippen molar-refractivity contribution in [3.8, 4) is 45.0 Å². The van der Waals surface area contributed by atoms with Gasteiger partial charge in [0.1, 0.15) is 12.7 Å². The van der Waals surface area contributed by atoms with Gasteiger partial charge in [0.05, 0.1) is 22.7 Å². The van der Waals surface area contributed by atoms with E-state index in [1.54, 1.807) is 12.7 Å². The molecule has 16 aromatic carbocycles. The molecule has 0 saturated carbocycles. The van der Waals surface area contributed by atoms with Crippen LogP contribution in [-0.2, 0) is 0 Å². The number of hydrogen-bond acceptors (Lipinski definition) is 12. The van der Waals surface area contributed by atoms with E-state index in [9.17, 15) is 0 Å². The molecule has 0 spiro atoms. The molecular weight excluding hydrogens is 1420 g/mol. The molecule has 0 radical (unpaired) electrons. The summed E-state index contributed by atoms with van der Waals surface area (Å²) in [4.78, 5) is 46.9. The second kappa shape index (κ2) is 30.0. The minimum Gasteiger partial charge on any atom is -0.310 e. The van der Waals surface area contributed by atoms with Gasteiger partial charge in [-0.2, -0.15) is 0 Å². The van der Waals surface area contributed by atoms with E-state index >= 15 is 0 Å². The minimum absolute atomic E-state index is 0.669. The van der Waals surface area contributed by atoms with Crippen molar-refractivity contribution in [2.75, 3.05) is 19.6 Å². The standard InChI is InChI=1S/2C52H40N6/c1-33-7-15-37(16-8-33)57(38-17-9-34(2)10-18-38)47-31-45(51-53-27-5-28-54-51)41-24-26-44-48(58(39-19-11-35(3)12-20-39)40-21-13-36(4)14-22-40)32-46(52-55-29-6-30-56-52)42-23-25-43(47)49(41)50(42)44;1-33-5-13-39(14-6-33)57(40-15-7-34(2)8-16-40)49-25-47(37-27-53-31-54-28-37)43-22-24-46-50(58(41-17-9-35(3)10-18-41)42-19-11-36(4)12-20-42)26-48(38-29-55-32-56-30-38)44-21-23-45(49)51(43)52(44)46/h2*5-32H,1-4H3. The minimum atomic E-state index is 0.669. The first-order chi connectivity index (χ1) is 56.8. The number of aryl methyl sites for hydroxylation is 8. The molecule has 0 saturated heterocycles. The van der Waals surface area contributed by atoms with Gasteiger partial charge < -0.3 is 19.6 Å². The van der Waals surface area contributed by atoms with Crippen LogP contribution in [0, 0.1) is 55.4 Å². The number of rotatable bonds is 16. The highest BCUT2D eigenvalue weighted by atomic mass is 15.2. The smallest absolute Gasteiger partial charge is 0.159 e. The lowest BCUT2D eigenvalue weighted by Crippen LogP contribution is -2.12. The van der Waals surface area contributed by atoms with E-state index in [1.165, 1.54) is 55.3 Å². The van der Waals surface area contributed by atoms with Crippen LogP contribution in [0.4, 0.5) is 68.2 Å². The maximum Gasteiger partial charge on any atom is 0.159 e. The number of aromatic nitrogens is 8. The Morgan fingerprint density at radius 3 is 0.586 bits per heavy atom. The molecule has 0 bridgehead atoms. The first-order valence-corrected chi connectivity index (χ1v) is 39.2. The van der Waals surface area contributed by atoms with Gasteiger partial charge in [-0.15, -0.1) is 0 Å². The van der Waals surface area contributed by atoms with Crippen LogP contribution in [0.2, 0.25) is 0 Å². The zero-order valence-corrected chi connectivity index (χ0v) is 65.7. The zero-order valence-electron chi connectivity index (χ0n) is 65.7. The van der Waals surface area contributed by atoms with Crippen molar-refractivity contribution in [1.29, 1.82) is 0 Å². The van der Waals surface area contributed by atoms with Gasteiger partial charge >= 0.3 is 0 Å². The number of hydrogen-bond donors (Lipinski definition) is 0. The molecule has 4 heterocycles. The molecule has 12 heteroatoms. The van der Waals surface area contributed by atoms with Crippen LogP contribution in [0.3, 0.4) is 0 Å². The topological polar surface area (TPSA) is 116 Å². The highest BCUT2D eigenvalue weighted by Crippen LogP contribution is 2.55. The third kappa shape index (κ3) is 13.2. The van der Waals surface area contributed by atoms with E-state index in [-0.39, 0.29) is 0 Å². The third-order valence-corrected chi connectivity index (χ3v) is 22.4. The van der Waals surface area contributed by atoms with Crippen molar-refractivity contribution in [1.82, 2.24) is 39.9 Å². The van der Waals surface area contributed by atoms with Crippen molar-refractivity contribution in [2.45, 2.75) is 55.4 Å². The van der Waals surface area contributed by atoms with E-state index in [0.717, 1.165) is 155 Å². The fourth-order valence-corrected chi connectivity index (χ4v) is 16.5. The summed E-state index contributed by atoms with van der Waals surface area (Å²) in [7, 11) is 0. The van der Waals surface area contributed by atoms with Crippen LogP contribution in [0.25, 0.3) is 110 Å². The Balaban J connectivity index is 0.000000155. The van der Waals surface area contributed by atoms with Crippen molar-refractivity contribution >= 4 is 133 Å². The van der Waals surface area contributed by atoms with Gasteiger partial charge in [-0.3, -0.25) is 0 Å². The summed E-state index contributed by atoms with van der Waals surface area (Å²) in [6.45, 7) is 17.0. The predicted molar refractivity (Wildman–Crippen MR) is 481 cm³/mol. The van der Waals surface area contributed by atoms with E-state index in [4.69, 9.17) is 19.9 Å². The zero-order chi connectivity index (χ0) is 78.7. The quantitative estimate of drug-likeness (QED) is 0.0858. The molecule has 20 rings (SSSR count). The highest BCUT2D eigenvalue weighted by molar-refractivity contribution is 6.34. The Kier molecular flexibility index (Phi) is 18.5. The predicted octanol–water partition coefficient (Wildman–Crippen LogP) is 27.3. The molecule has 0 N–H and O–H groups in total. The van der Waals surface area contributed by atoms with E-state index in [2.05, 4.69) is 362 Å². The first-order valence-electron chi connectivity index (χ1n) is 39.2. The van der Waals surface area contributed by atoms with Gasteiger partial charge in [0, 0.05) is 160 Å². The molecule has 0 amide bonds. The molecule has 0 unspecified atom stereocenters. The molecule has 0 aliphatic rings. The Morgan fingerprint density at radius 1 is 0.198 bits per heavy atom. The van der Waals surface area contributed by atoms with Gasteiger partial charge in [0.2, 0.25) is 0 Å². The Hall–Kier alpha value is -14.9. The van der Waals surface area contributed by atoms with Crippen LogP contribution in [0.15, 0.2) is 341 Å². The molecule has 12 nitrogen and oxygen atoms in total. The second-order valence-corrected chi connectivity index (χ2v) is 30.3. The van der Waals surface area contributed by atoms with Crippen LogP contribution in [0.1, 0.15) is 44.5 Å². The molecule has 0 fully saturated rings. The Bertz CT molecular complexity index is 5930. The fourth-order valence-electron chi connectivity index (χ4n) is 16.5. The Morgan fingerprint density at radius 2 is 0.379 bits per heavy atom. The average Bonchev–Trinajstić information content (AvgIpc) is 0.709. The summed E-state index contributed by atoms with van der Waals surface area (Å²) in [5, 5.41) is 13.5. The van der Waals surface area contributed by atoms with Crippen molar-refractivity contribution in [3.63, 3.8) is 0 Å². The normalized spacial score (nSPS) is 11.4. The highest BCUT2D eigenvalue weighted by Gasteiger charge is 2.30. The van der Waals surface area contributed by atoms with Gasteiger partial charge in [0.15, 0.2) is 11.6 Å². The largest absolute Gasteiger partial charge is 0.310 e. The van der Waals surface area contributed by atoms with E-state index in [0.29, 0.717) is 11.6 Å². The number of nitrogens with zero attached hydrogens (tertiary/aromatic N) is 12. The van der Waals surface area contributed by atoms with Gasteiger partial charge in [-0.05, 0) is 222 Å². The molecule has 0 atom stereocenters. The third-order valence-electron chi connectivity index (χ3n) is 22.4. The van der Waals surface area contributed by atoms with Crippen LogP contribution in [-0.4, -0.2) is 39.9 Å². The SMILES string of the molecule is Cc1ccc(N(c2ccc(C)cc2)c2cc(-c3cncnc3)c3ccc4c(N(c5ccc(C)cc5)c5ccc(C)cc5)cc(-c5cncnc5)c5ccc2c3c54)cc1.Cc1ccc(N(c2ccc(C)cc2)c2cc(-c3ncccn3)c3ccc4c(N(c5ccc(C)cc5)c5ccc(C)cc5)cc(-c5ncccn5)c5ccc2c3c54)cc1. The maximum absolute atomic E-state index is 4.85. The second-order valence-electron chi connectivity index (χ2n) is 30.3. The first kappa shape index (κ1) is 71.4. The molecule has 20 aromatic rings. The average molecular weight is 1500 g/mol. The summed E-state index contributed by atoms with van der Waals surface area (Å²) < 4.78 is 0. The lowest BCUT2D eigenvalue weighted by atomic mass is 9.85. The molecule has 0 aliphatic heterocycles. The lowest BCUT2D eigenvalue weighted by Gasteiger charge is -2.31. The molecule has 116 heavy (non-hydrogen) atoms.